The fraction of sp³-hybridized carbons (Fsp3) is 0.158. The average molecular weight is 448 g/mol. The second-order valence-corrected chi connectivity index (χ2v) is 6.93. The van der Waals surface area contributed by atoms with E-state index in [0.717, 1.165) is 10.6 Å². The van der Waals surface area contributed by atoms with Crippen LogP contribution in [0.3, 0.4) is 0 Å². The highest BCUT2D eigenvalue weighted by molar-refractivity contribution is 9.10. The van der Waals surface area contributed by atoms with Crippen LogP contribution in [0.5, 0.6) is 0 Å². The van der Waals surface area contributed by atoms with Gasteiger partial charge >= 0.3 is 5.97 Å². The van der Waals surface area contributed by atoms with Gasteiger partial charge in [-0.05, 0) is 37.3 Å². The van der Waals surface area contributed by atoms with Crippen LogP contribution in [0, 0.1) is 12.7 Å². The summed E-state index contributed by atoms with van der Waals surface area (Å²) in [5.74, 6) is -1.95. The Morgan fingerprint density at radius 1 is 1.29 bits per heavy atom. The Morgan fingerprint density at radius 3 is 2.75 bits per heavy atom. The van der Waals surface area contributed by atoms with Gasteiger partial charge in [-0.15, -0.1) is 0 Å². The lowest BCUT2D eigenvalue weighted by molar-refractivity contribution is -0.116. The first-order valence-corrected chi connectivity index (χ1v) is 8.92. The molecule has 1 amide bonds. The number of nitrogens with zero attached hydrogens (tertiary/aromatic N) is 2. The topological polar surface area (TPSA) is 90.3 Å². The van der Waals surface area contributed by atoms with Crippen molar-refractivity contribution < 1.29 is 18.7 Å². The molecule has 0 atom stereocenters. The summed E-state index contributed by atoms with van der Waals surface area (Å²) in [6.45, 7) is 1.14. The number of halogens is 2. The maximum Gasteiger partial charge on any atom is 0.338 e. The Balaban J connectivity index is 1.88. The van der Waals surface area contributed by atoms with Crippen molar-refractivity contribution in [3.63, 3.8) is 0 Å². The van der Waals surface area contributed by atoms with E-state index in [1.807, 2.05) is 0 Å². The van der Waals surface area contributed by atoms with E-state index in [0.29, 0.717) is 15.4 Å². The minimum absolute atomic E-state index is 0.0321. The Morgan fingerprint density at radius 2 is 2.04 bits per heavy atom. The third-order valence-electron chi connectivity index (χ3n) is 4.14. The first-order chi connectivity index (χ1) is 13.3. The number of methoxy groups -OCH3 is 1. The van der Waals surface area contributed by atoms with Gasteiger partial charge in [-0.1, -0.05) is 15.9 Å². The molecule has 0 aliphatic heterocycles. The van der Waals surface area contributed by atoms with Gasteiger partial charge in [0.15, 0.2) is 0 Å². The van der Waals surface area contributed by atoms with E-state index in [4.69, 9.17) is 0 Å². The molecule has 0 saturated heterocycles. The maximum absolute atomic E-state index is 14.1. The highest BCUT2D eigenvalue weighted by Gasteiger charge is 2.15. The van der Waals surface area contributed by atoms with Crippen molar-refractivity contribution in [2.75, 3.05) is 12.4 Å². The number of hydrogen-bond donors (Lipinski definition) is 1. The zero-order chi connectivity index (χ0) is 20.4. The molecule has 1 N–H and O–H groups in total. The van der Waals surface area contributed by atoms with Crippen LogP contribution in [0.1, 0.15) is 15.9 Å². The molecule has 0 aliphatic rings. The van der Waals surface area contributed by atoms with E-state index in [2.05, 4.69) is 31.0 Å². The number of nitrogens with one attached hydrogen (secondary N) is 1. The second-order valence-electron chi connectivity index (χ2n) is 6.01. The van der Waals surface area contributed by atoms with Crippen LogP contribution < -0.4 is 10.9 Å². The molecule has 2 aromatic carbocycles. The minimum Gasteiger partial charge on any atom is -0.465 e. The normalized spacial score (nSPS) is 10.7. The van der Waals surface area contributed by atoms with Crippen LogP contribution in [-0.4, -0.2) is 28.5 Å². The molecule has 1 aromatic heterocycles. The molecule has 0 saturated carbocycles. The van der Waals surface area contributed by atoms with Gasteiger partial charge in [-0.25, -0.2) is 14.2 Å². The van der Waals surface area contributed by atoms with Crippen LogP contribution >= 0.6 is 15.9 Å². The third kappa shape index (κ3) is 3.94. The quantitative estimate of drug-likeness (QED) is 0.620. The van der Waals surface area contributed by atoms with Gasteiger partial charge in [-0.3, -0.25) is 14.2 Å². The molecule has 3 aromatic rings. The summed E-state index contributed by atoms with van der Waals surface area (Å²) >= 11 is 3.30. The Labute approximate surface area is 167 Å². The summed E-state index contributed by atoms with van der Waals surface area (Å²) in [5.41, 5.74) is 0.375. The van der Waals surface area contributed by atoms with E-state index < -0.39 is 17.7 Å². The minimum atomic E-state index is -0.727. The van der Waals surface area contributed by atoms with Crippen molar-refractivity contribution in [3.05, 3.63) is 68.4 Å². The van der Waals surface area contributed by atoms with E-state index in [1.54, 1.807) is 18.2 Å². The molecule has 0 unspecified atom stereocenters. The van der Waals surface area contributed by atoms with Crippen molar-refractivity contribution in [2.45, 2.75) is 13.5 Å². The summed E-state index contributed by atoms with van der Waals surface area (Å²) < 4.78 is 20.5. The highest BCUT2D eigenvalue weighted by Crippen LogP contribution is 2.21. The summed E-state index contributed by atoms with van der Waals surface area (Å²) in [6.07, 6.45) is 1.27. The highest BCUT2D eigenvalue weighted by atomic mass is 79.9. The number of rotatable bonds is 4. The Hall–Kier alpha value is -3.07. The van der Waals surface area contributed by atoms with E-state index in [1.165, 1.54) is 26.4 Å². The van der Waals surface area contributed by atoms with Crippen molar-refractivity contribution >= 4 is 44.4 Å². The van der Waals surface area contributed by atoms with E-state index in [-0.39, 0.29) is 28.9 Å². The number of benzene rings is 2. The van der Waals surface area contributed by atoms with Gasteiger partial charge < -0.3 is 10.1 Å². The van der Waals surface area contributed by atoms with Crippen molar-refractivity contribution in [2.24, 2.45) is 0 Å². The van der Waals surface area contributed by atoms with E-state index in [9.17, 15) is 18.8 Å². The summed E-state index contributed by atoms with van der Waals surface area (Å²) in [5, 5.41) is 2.88. The molecule has 0 radical (unpaired) electrons. The SMILES string of the molecule is COC(=O)c1cc(F)c(C)c(NC(=O)Cn2cnc3ccc(Br)cc3c2=O)c1. The first-order valence-electron chi connectivity index (χ1n) is 8.13. The Bertz CT molecular complexity index is 1160. The summed E-state index contributed by atoms with van der Waals surface area (Å²) in [6, 6.07) is 7.43. The molecule has 0 bridgehead atoms. The fourth-order valence-corrected chi connectivity index (χ4v) is 2.99. The molecule has 0 spiro atoms. The monoisotopic (exact) mass is 447 g/mol. The fourth-order valence-electron chi connectivity index (χ4n) is 2.63. The molecule has 28 heavy (non-hydrogen) atoms. The molecule has 0 aliphatic carbocycles. The molecule has 3 rings (SSSR count). The number of carbonyl (C=O) groups excluding carboxylic acids is 2. The maximum atomic E-state index is 14.1. The molecule has 9 heteroatoms. The smallest absolute Gasteiger partial charge is 0.338 e. The lowest BCUT2D eigenvalue weighted by atomic mass is 10.1. The predicted octanol–water partition coefficient (Wildman–Crippen LogP) is 3.03. The van der Waals surface area contributed by atoms with Crippen LogP contribution in [0.15, 0.2) is 45.9 Å². The lowest BCUT2D eigenvalue weighted by Gasteiger charge is -2.12. The first kappa shape index (κ1) is 19.7. The zero-order valence-corrected chi connectivity index (χ0v) is 16.5. The third-order valence-corrected chi connectivity index (χ3v) is 4.63. The van der Waals surface area contributed by atoms with Crippen molar-refractivity contribution in [1.82, 2.24) is 9.55 Å². The summed E-state index contributed by atoms with van der Waals surface area (Å²) in [7, 11) is 1.18. The zero-order valence-electron chi connectivity index (χ0n) is 15.0. The van der Waals surface area contributed by atoms with Crippen LogP contribution in [0.4, 0.5) is 10.1 Å². The van der Waals surface area contributed by atoms with Crippen LogP contribution in [0.25, 0.3) is 10.9 Å². The number of esters is 1. The molecule has 144 valence electrons. The molecule has 7 nitrogen and oxygen atoms in total. The van der Waals surface area contributed by atoms with Gasteiger partial charge in [0.1, 0.15) is 12.4 Å². The second kappa shape index (κ2) is 7.89. The predicted molar refractivity (Wildman–Crippen MR) is 105 cm³/mol. The molecular formula is C19H15BrFN3O4. The van der Waals surface area contributed by atoms with Crippen molar-refractivity contribution in [1.29, 1.82) is 0 Å². The number of ether oxygens (including phenoxy) is 1. The molecule has 0 fully saturated rings. The number of aromatic nitrogens is 2. The van der Waals surface area contributed by atoms with Crippen LogP contribution in [0.2, 0.25) is 0 Å². The van der Waals surface area contributed by atoms with Gasteiger partial charge in [0, 0.05) is 15.7 Å². The number of carbonyl (C=O) groups is 2. The number of anilines is 1. The molecular weight excluding hydrogens is 433 g/mol. The average Bonchev–Trinajstić information content (AvgIpc) is 2.67. The number of amides is 1. The Kier molecular flexibility index (Phi) is 5.55. The summed E-state index contributed by atoms with van der Waals surface area (Å²) in [4.78, 5) is 40.8. The van der Waals surface area contributed by atoms with Crippen molar-refractivity contribution in [3.8, 4) is 0 Å². The van der Waals surface area contributed by atoms with Gasteiger partial charge in [0.25, 0.3) is 5.56 Å². The molecule has 1 heterocycles. The van der Waals surface area contributed by atoms with Crippen LogP contribution in [-0.2, 0) is 16.1 Å². The van der Waals surface area contributed by atoms with Gasteiger partial charge in [0.2, 0.25) is 5.91 Å². The van der Waals surface area contributed by atoms with E-state index >= 15 is 0 Å². The van der Waals surface area contributed by atoms with Gasteiger partial charge in [-0.2, -0.15) is 0 Å². The lowest BCUT2D eigenvalue weighted by Crippen LogP contribution is -2.28. The largest absolute Gasteiger partial charge is 0.465 e. The number of hydrogen-bond acceptors (Lipinski definition) is 5. The van der Waals surface area contributed by atoms with Gasteiger partial charge in [0.05, 0.1) is 29.9 Å². The number of fused-ring (bicyclic) bond motifs is 1. The standard InChI is InChI=1S/C19H15BrFN3O4/c1-10-14(21)5-11(19(27)28-2)6-16(10)23-17(25)8-24-9-22-15-4-3-12(20)7-13(15)18(24)26/h3-7,9H,8H2,1-2H3,(H,23,25).